The summed E-state index contributed by atoms with van der Waals surface area (Å²) in [5, 5.41) is 0.688. The van der Waals surface area contributed by atoms with E-state index in [2.05, 4.69) is 0 Å². The summed E-state index contributed by atoms with van der Waals surface area (Å²) in [4.78, 5) is 14.2. The molecule has 2 aromatic carbocycles. The van der Waals surface area contributed by atoms with Crippen molar-refractivity contribution in [1.29, 1.82) is 0 Å². The van der Waals surface area contributed by atoms with Gasteiger partial charge in [-0.1, -0.05) is 23.7 Å². The zero-order valence-corrected chi connectivity index (χ0v) is 16.9. The van der Waals surface area contributed by atoms with Crippen LogP contribution in [0.1, 0.15) is 18.4 Å². The van der Waals surface area contributed by atoms with Gasteiger partial charge >= 0.3 is 0 Å². The van der Waals surface area contributed by atoms with Crippen molar-refractivity contribution in [2.24, 2.45) is 0 Å². The number of nitrogens with zero attached hydrogens (tertiary/aromatic N) is 2. The molecule has 2 aromatic rings. The maximum Gasteiger partial charge on any atom is 0.243 e. The molecule has 0 aliphatic carbocycles. The number of rotatable bonds is 6. The Balaban J connectivity index is 1.48. The maximum absolute atomic E-state index is 13.0. The summed E-state index contributed by atoms with van der Waals surface area (Å²) in [6, 6.07) is 12.4. The predicted molar refractivity (Wildman–Crippen MR) is 106 cm³/mol. The minimum absolute atomic E-state index is 0.0350. The number of aryl methyl sites for hydroxylation is 1. The van der Waals surface area contributed by atoms with Crippen LogP contribution in [-0.4, -0.2) is 49.7 Å². The predicted octanol–water partition coefficient (Wildman–Crippen LogP) is 3.33. The van der Waals surface area contributed by atoms with Crippen LogP contribution in [0.15, 0.2) is 53.4 Å². The lowest BCUT2D eigenvalue weighted by atomic mass is 10.1. The van der Waals surface area contributed by atoms with E-state index >= 15 is 0 Å². The molecule has 0 N–H and O–H groups in total. The fraction of sp³-hybridized carbons (Fsp3) is 0.350. The number of amides is 1. The molecule has 28 heavy (non-hydrogen) atoms. The van der Waals surface area contributed by atoms with Gasteiger partial charge in [0.05, 0.1) is 4.90 Å². The molecule has 1 saturated heterocycles. The topological polar surface area (TPSA) is 57.7 Å². The van der Waals surface area contributed by atoms with Gasteiger partial charge in [-0.2, -0.15) is 4.31 Å². The molecule has 5 nitrogen and oxygen atoms in total. The highest BCUT2D eigenvalue weighted by molar-refractivity contribution is 7.89. The lowest BCUT2D eigenvalue weighted by molar-refractivity contribution is -0.132. The van der Waals surface area contributed by atoms with Crippen molar-refractivity contribution in [3.63, 3.8) is 0 Å². The van der Waals surface area contributed by atoms with Gasteiger partial charge in [0.1, 0.15) is 5.82 Å². The fourth-order valence-corrected chi connectivity index (χ4v) is 4.73. The van der Waals surface area contributed by atoms with Crippen molar-refractivity contribution in [2.75, 3.05) is 26.2 Å². The minimum Gasteiger partial charge on any atom is -0.340 e. The van der Waals surface area contributed by atoms with E-state index < -0.39 is 15.8 Å². The van der Waals surface area contributed by atoms with Crippen LogP contribution in [0.2, 0.25) is 5.02 Å². The first-order chi connectivity index (χ1) is 13.4. The van der Waals surface area contributed by atoms with Crippen molar-refractivity contribution < 1.29 is 17.6 Å². The molecule has 0 unspecified atom stereocenters. The third kappa shape index (κ3) is 5.10. The number of piperazine rings is 1. The molecule has 3 rings (SSSR count). The zero-order valence-electron chi connectivity index (χ0n) is 15.4. The molecule has 0 spiro atoms. The molecule has 0 atom stereocenters. The molecule has 1 aliphatic heterocycles. The summed E-state index contributed by atoms with van der Waals surface area (Å²) in [6.45, 7) is 1.20. The molecule has 8 heteroatoms. The largest absolute Gasteiger partial charge is 0.340 e. The van der Waals surface area contributed by atoms with Gasteiger partial charge < -0.3 is 4.90 Å². The van der Waals surface area contributed by atoms with Crippen molar-refractivity contribution in [1.82, 2.24) is 9.21 Å². The number of hydrogen-bond donors (Lipinski definition) is 0. The SMILES string of the molecule is O=C(CCCc1ccc(Cl)cc1)N1CCN(S(=O)(=O)c2ccc(F)cc2)CC1. The molecule has 0 bridgehead atoms. The highest BCUT2D eigenvalue weighted by Gasteiger charge is 2.29. The van der Waals surface area contributed by atoms with Crippen LogP contribution in [0.3, 0.4) is 0 Å². The monoisotopic (exact) mass is 424 g/mol. The minimum atomic E-state index is -3.67. The van der Waals surface area contributed by atoms with Gasteiger partial charge in [0.25, 0.3) is 0 Å². The molecule has 0 saturated carbocycles. The van der Waals surface area contributed by atoms with Crippen molar-refractivity contribution in [3.8, 4) is 0 Å². The van der Waals surface area contributed by atoms with E-state index in [4.69, 9.17) is 11.6 Å². The van der Waals surface area contributed by atoms with Gasteiger partial charge in [0.15, 0.2) is 0 Å². The van der Waals surface area contributed by atoms with Gasteiger partial charge in [0, 0.05) is 37.6 Å². The molecule has 1 aliphatic rings. The normalized spacial score (nSPS) is 15.6. The lowest BCUT2D eigenvalue weighted by Crippen LogP contribution is -2.50. The Kier molecular flexibility index (Phi) is 6.69. The Labute approximate surface area is 169 Å². The van der Waals surface area contributed by atoms with E-state index in [1.165, 1.54) is 16.4 Å². The van der Waals surface area contributed by atoms with Gasteiger partial charge in [-0.25, -0.2) is 12.8 Å². The highest BCUT2D eigenvalue weighted by atomic mass is 35.5. The molecule has 1 fully saturated rings. The number of carbonyl (C=O) groups excluding carboxylic acids is 1. The molecule has 0 radical (unpaired) electrons. The Hall–Kier alpha value is -1.96. The first-order valence-electron chi connectivity index (χ1n) is 9.14. The van der Waals surface area contributed by atoms with E-state index in [1.54, 1.807) is 4.90 Å². The Morgan fingerprint density at radius 3 is 2.18 bits per heavy atom. The second-order valence-corrected chi connectivity index (χ2v) is 9.09. The third-order valence-electron chi connectivity index (χ3n) is 4.81. The summed E-state index contributed by atoms with van der Waals surface area (Å²) >= 11 is 5.86. The number of sulfonamides is 1. The molecule has 0 aromatic heterocycles. The zero-order chi connectivity index (χ0) is 20.1. The van der Waals surface area contributed by atoms with Crippen molar-refractivity contribution >= 4 is 27.5 Å². The molecular weight excluding hydrogens is 403 g/mol. The van der Waals surface area contributed by atoms with Crippen LogP contribution in [0.25, 0.3) is 0 Å². The molecular formula is C20H22ClFN2O3S. The number of hydrogen-bond acceptors (Lipinski definition) is 3. The Morgan fingerprint density at radius 1 is 0.964 bits per heavy atom. The summed E-state index contributed by atoms with van der Waals surface area (Å²) < 4.78 is 39.6. The van der Waals surface area contributed by atoms with Crippen LogP contribution in [0.4, 0.5) is 4.39 Å². The summed E-state index contributed by atoms with van der Waals surface area (Å²) in [6.07, 6.45) is 1.95. The lowest BCUT2D eigenvalue weighted by Gasteiger charge is -2.34. The van der Waals surface area contributed by atoms with E-state index in [0.717, 1.165) is 30.5 Å². The fourth-order valence-electron chi connectivity index (χ4n) is 3.19. The smallest absolute Gasteiger partial charge is 0.243 e. The van der Waals surface area contributed by atoms with E-state index in [1.807, 2.05) is 24.3 Å². The summed E-state index contributed by atoms with van der Waals surface area (Å²) in [5.74, 6) is -0.444. The van der Waals surface area contributed by atoms with Gasteiger partial charge in [-0.3, -0.25) is 4.79 Å². The maximum atomic E-state index is 13.0. The van der Waals surface area contributed by atoms with Crippen LogP contribution in [-0.2, 0) is 21.2 Å². The summed E-state index contributed by atoms with van der Waals surface area (Å²) in [7, 11) is -3.67. The summed E-state index contributed by atoms with van der Waals surface area (Å²) in [5.41, 5.74) is 1.13. The Morgan fingerprint density at radius 2 is 1.57 bits per heavy atom. The van der Waals surface area contributed by atoms with Crippen LogP contribution in [0.5, 0.6) is 0 Å². The number of carbonyl (C=O) groups is 1. The van der Waals surface area contributed by atoms with E-state index in [0.29, 0.717) is 24.5 Å². The number of benzene rings is 2. The van der Waals surface area contributed by atoms with Gasteiger partial charge in [-0.15, -0.1) is 0 Å². The van der Waals surface area contributed by atoms with Crippen LogP contribution >= 0.6 is 11.6 Å². The van der Waals surface area contributed by atoms with Gasteiger partial charge in [0.2, 0.25) is 15.9 Å². The van der Waals surface area contributed by atoms with Crippen molar-refractivity contribution in [3.05, 3.63) is 64.9 Å². The highest BCUT2D eigenvalue weighted by Crippen LogP contribution is 2.19. The standard InChI is InChI=1S/C20H22ClFN2O3S/c21-17-6-4-16(5-7-17)2-1-3-20(25)23-12-14-24(15-13-23)28(26,27)19-10-8-18(22)9-11-19/h4-11H,1-3,12-15H2. The van der Waals surface area contributed by atoms with E-state index in [9.17, 15) is 17.6 Å². The van der Waals surface area contributed by atoms with Crippen molar-refractivity contribution in [2.45, 2.75) is 24.2 Å². The van der Waals surface area contributed by atoms with E-state index in [-0.39, 0.29) is 23.9 Å². The second kappa shape index (κ2) is 9.03. The molecule has 1 heterocycles. The van der Waals surface area contributed by atoms with Crippen LogP contribution in [0, 0.1) is 5.82 Å². The van der Waals surface area contributed by atoms with Gasteiger partial charge in [-0.05, 0) is 54.8 Å². The molecule has 1 amide bonds. The average molecular weight is 425 g/mol. The number of halogens is 2. The first kappa shape index (κ1) is 20.8. The molecule has 150 valence electrons. The first-order valence-corrected chi connectivity index (χ1v) is 11.0. The Bertz CT molecular complexity index is 909. The average Bonchev–Trinajstić information content (AvgIpc) is 2.70. The second-order valence-electron chi connectivity index (χ2n) is 6.72. The van der Waals surface area contributed by atoms with Crippen LogP contribution < -0.4 is 0 Å². The third-order valence-corrected chi connectivity index (χ3v) is 6.98. The quantitative estimate of drug-likeness (QED) is 0.714.